The second-order valence-electron chi connectivity index (χ2n) is 18.3. The molecule has 1 unspecified atom stereocenters. The summed E-state index contributed by atoms with van der Waals surface area (Å²) in [5.74, 6) is 2.00. The summed E-state index contributed by atoms with van der Waals surface area (Å²) in [4.78, 5) is 15.1. The number of aromatic nitrogens is 4. The van der Waals surface area contributed by atoms with E-state index in [9.17, 15) is 0 Å². The van der Waals surface area contributed by atoms with E-state index < -0.39 is 5.41 Å². The summed E-state index contributed by atoms with van der Waals surface area (Å²) < 4.78 is 2.52. The zero-order valence-electron chi connectivity index (χ0n) is 35.9. The van der Waals surface area contributed by atoms with Crippen LogP contribution in [0, 0.1) is 0 Å². The Hall–Kier alpha value is -8.21. The predicted octanol–water partition coefficient (Wildman–Crippen LogP) is 14.6. The molecule has 65 heavy (non-hydrogen) atoms. The Kier molecular flexibility index (Phi) is 7.35. The van der Waals surface area contributed by atoms with Crippen molar-refractivity contribution in [2.75, 3.05) is 0 Å². The Bertz CT molecular complexity index is 3750. The van der Waals surface area contributed by atoms with Gasteiger partial charge in [0.1, 0.15) is 0 Å². The number of nitrogens with zero attached hydrogens (tertiary/aromatic N) is 4. The van der Waals surface area contributed by atoms with Gasteiger partial charge in [-0.2, -0.15) is 0 Å². The monoisotopic (exact) mass is 828 g/mol. The highest BCUT2D eigenvalue weighted by atomic mass is 15.0. The zero-order valence-corrected chi connectivity index (χ0v) is 35.9. The lowest BCUT2D eigenvalue weighted by molar-refractivity contribution is 0.661. The highest BCUT2D eigenvalue weighted by Gasteiger charge is 2.51. The number of benzene rings is 9. The number of hydrogen-bond donors (Lipinski definition) is 0. The van der Waals surface area contributed by atoms with Crippen molar-refractivity contribution in [3.8, 4) is 73.2 Å². The van der Waals surface area contributed by atoms with Gasteiger partial charge in [0.05, 0.1) is 22.1 Å². The molecule has 9 aromatic carbocycles. The van der Waals surface area contributed by atoms with E-state index in [4.69, 9.17) is 15.0 Å². The maximum atomic E-state index is 5.08. The Balaban J connectivity index is 0.916. The first-order chi connectivity index (χ1) is 32.0. The molecule has 0 bridgehead atoms. The number of para-hydroxylation sites is 3. The van der Waals surface area contributed by atoms with E-state index in [-0.39, 0.29) is 5.41 Å². The highest BCUT2D eigenvalue weighted by molar-refractivity contribution is 6.13. The molecule has 0 amide bonds. The maximum Gasteiger partial charge on any atom is 0.164 e. The summed E-state index contributed by atoms with van der Waals surface area (Å²) in [6.07, 6.45) is 0. The zero-order chi connectivity index (χ0) is 43.0. The van der Waals surface area contributed by atoms with Gasteiger partial charge in [0.2, 0.25) is 0 Å². The Morgan fingerprint density at radius 2 is 0.815 bits per heavy atom. The summed E-state index contributed by atoms with van der Waals surface area (Å²) in [5, 5.41) is 2.58. The highest BCUT2D eigenvalue weighted by Crippen LogP contribution is 2.61. The lowest BCUT2D eigenvalue weighted by atomic mass is 9.65. The van der Waals surface area contributed by atoms with Crippen LogP contribution in [-0.4, -0.2) is 19.5 Å². The second kappa shape index (κ2) is 13.2. The van der Waals surface area contributed by atoms with Crippen molar-refractivity contribution < 1.29 is 0 Å². The molecule has 4 nitrogen and oxygen atoms in total. The molecule has 2 aromatic heterocycles. The SMILES string of the molecule is CC1(C)c2cc(-c3ccc4c(c3)C3(c5ccccc5-4)c4ccccc4-n4c5ccccc5c5cccc3c54)ccc2-c2ccc(-c3nc(-c4ccccc4)nc(-c4ccccc4)n3)cc21. The summed E-state index contributed by atoms with van der Waals surface area (Å²) >= 11 is 0. The molecule has 304 valence electrons. The standard InChI is InChI=1S/C61H40N4/c1-60(2)51-34-39(28-31-43(51)44-33-30-41(36-52(44)60)59-63-57(37-16-5-3-6-17-37)62-58(64-59)38-18-7-4-8-19-38)40-29-32-45-42-20-9-11-23-48(42)61(53(45)35-40)49-24-12-14-27-55(49)65-54-26-13-10-21-46(54)47-22-15-25-50(61)56(47)65/h3-36H,1-2H3. The van der Waals surface area contributed by atoms with E-state index >= 15 is 0 Å². The molecule has 4 heteroatoms. The summed E-state index contributed by atoms with van der Waals surface area (Å²) in [7, 11) is 0. The van der Waals surface area contributed by atoms with Gasteiger partial charge in [0.25, 0.3) is 0 Å². The summed E-state index contributed by atoms with van der Waals surface area (Å²) in [6.45, 7) is 4.72. The molecule has 0 saturated carbocycles. The van der Waals surface area contributed by atoms with E-state index in [1.54, 1.807) is 0 Å². The van der Waals surface area contributed by atoms with Gasteiger partial charge in [-0.3, -0.25) is 0 Å². The number of hydrogen-bond acceptors (Lipinski definition) is 3. The van der Waals surface area contributed by atoms with E-state index in [2.05, 4.69) is 188 Å². The van der Waals surface area contributed by atoms with Crippen molar-refractivity contribution in [1.29, 1.82) is 0 Å². The van der Waals surface area contributed by atoms with Crippen LogP contribution in [-0.2, 0) is 10.8 Å². The van der Waals surface area contributed by atoms with Crippen LogP contribution in [0.1, 0.15) is 47.2 Å². The Morgan fingerprint density at radius 3 is 1.51 bits per heavy atom. The van der Waals surface area contributed by atoms with Crippen LogP contribution in [0.4, 0.5) is 0 Å². The molecule has 3 aliphatic rings. The van der Waals surface area contributed by atoms with E-state index in [0.717, 1.165) is 16.7 Å². The largest absolute Gasteiger partial charge is 0.309 e. The second-order valence-corrected chi connectivity index (χ2v) is 18.3. The van der Waals surface area contributed by atoms with Gasteiger partial charge in [-0.15, -0.1) is 0 Å². The molecular weight excluding hydrogens is 789 g/mol. The van der Waals surface area contributed by atoms with Gasteiger partial charge in [-0.05, 0) is 97.1 Å². The molecule has 0 fully saturated rings. The first kappa shape index (κ1) is 36.3. The third-order valence-electron chi connectivity index (χ3n) is 14.7. The molecule has 2 aliphatic carbocycles. The van der Waals surface area contributed by atoms with Crippen molar-refractivity contribution in [1.82, 2.24) is 19.5 Å². The predicted molar refractivity (Wildman–Crippen MR) is 264 cm³/mol. The summed E-state index contributed by atoms with van der Waals surface area (Å²) in [5.41, 5.74) is 21.4. The molecule has 0 N–H and O–H groups in total. The van der Waals surface area contributed by atoms with Gasteiger partial charge in [0.15, 0.2) is 17.5 Å². The molecule has 11 aromatic rings. The van der Waals surface area contributed by atoms with Crippen molar-refractivity contribution in [2.24, 2.45) is 0 Å². The fraction of sp³-hybridized carbons (Fsp3) is 0.0656. The average molecular weight is 829 g/mol. The fourth-order valence-electron chi connectivity index (χ4n) is 11.7. The van der Waals surface area contributed by atoms with Crippen molar-refractivity contribution in [2.45, 2.75) is 24.7 Å². The molecular formula is C61H40N4. The van der Waals surface area contributed by atoms with Crippen LogP contribution in [0.15, 0.2) is 206 Å². The minimum atomic E-state index is -0.499. The van der Waals surface area contributed by atoms with Crippen molar-refractivity contribution in [3.05, 3.63) is 240 Å². The first-order valence-electron chi connectivity index (χ1n) is 22.5. The topological polar surface area (TPSA) is 43.6 Å². The average Bonchev–Trinajstić information content (AvgIpc) is 3.94. The quantitative estimate of drug-likeness (QED) is 0.177. The maximum absolute atomic E-state index is 5.08. The van der Waals surface area contributed by atoms with Crippen LogP contribution in [0.3, 0.4) is 0 Å². The van der Waals surface area contributed by atoms with E-state index in [0.29, 0.717) is 17.5 Å². The molecule has 1 aliphatic heterocycles. The minimum Gasteiger partial charge on any atom is -0.309 e. The molecule has 3 heterocycles. The fourth-order valence-corrected chi connectivity index (χ4v) is 11.7. The van der Waals surface area contributed by atoms with E-state index in [1.165, 1.54) is 94.3 Å². The first-order valence-corrected chi connectivity index (χ1v) is 22.5. The van der Waals surface area contributed by atoms with Crippen LogP contribution < -0.4 is 0 Å². The van der Waals surface area contributed by atoms with Gasteiger partial charge in [0, 0.05) is 32.9 Å². The van der Waals surface area contributed by atoms with Crippen LogP contribution in [0.25, 0.3) is 95.0 Å². The van der Waals surface area contributed by atoms with Crippen LogP contribution in [0.2, 0.25) is 0 Å². The molecule has 1 spiro atoms. The molecule has 1 atom stereocenters. The third-order valence-corrected chi connectivity index (χ3v) is 14.7. The van der Waals surface area contributed by atoms with Crippen molar-refractivity contribution >= 4 is 21.8 Å². The third kappa shape index (κ3) is 4.88. The minimum absolute atomic E-state index is 0.270. The number of rotatable bonds is 4. The van der Waals surface area contributed by atoms with Gasteiger partial charge >= 0.3 is 0 Å². The normalized spacial score (nSPS) is 15.7. The van der Waals surface area contributed by atoms with Crippen molar-refractivity contribution in [3.63, 3.8) is 0 Å². The Morgan fingerprint density at radius 1 is 0.338 bits per heavy atom. The lowest BCUT2D eigenvalue weighted by Crippen LogP contribution is -2.33. The number of fused-ring (bicyclic) bond motifs is 15. The van der Waals surface area contributed by atoms with Crippen LogP contribution in [0.5, 0.6) is 0 Å². The van der Waals surface area contributed by atoms with Crippen LogP contribution >= 0.6 is 0 Å². The molecule has 0 saturated heterocycles. The Labute approximate surface area is 377 Å². The van der Waals surface area contributed by atoms with Gasteiger partial charge < -0.3 is 4.57 Å². The van der Waals surface area contributed by atoms with E-state index in [1.807, 2.05) is 36.4 Å². The molecule has 14 rings (SSSR count). The lowest BCUT2D eigenvalue weighted by Gasteiger charge is -2.39. The van der Waals surface area contributed by atoms with Gasteiger partial charge in [-0.25, -0.2) is 15.0 Å². The molecule has 0 radical (unpaired) electrons. The smallest absolute Gasteiger partial charge is 0.164 e. The van der Waals surface area contributed by atoms with Gasteiger partial charge in [-0.1, -0.05) is 190 Å². The summed E-state index contributed by atoms with van der Waals surface area (Å²) in [6, 6.07) is 75.5.